The van der Waals surface area contributed by atoms with Gasteiger partial charge in [0.15, 0.2) is 0 Å². The van der Waals surface area contributed by atoms with Gasteiger partial charge in [0.1, 0.15) is 35.2 Å². The molecule has 0 saturated carbocycles. The second-order valence-electron chi connectivity index (χ2n) is 9.85. The predicted octanol–water partition coefficient (Wildman–Crippen LogP) is 1.88. The first-order valence-electron chi connectivity index (χ1n) is 13.4. The number of hydrogen-bond donors (Lipinski definition) is 1. The molecule has 0 bridgehead atoms. The Labute approximate surface area is 248 Å². The second kappa shape index (κ2) is 13.3. The number of amides is 1. The van der Waals surface area contributed by atoms with Crippen molar-refractivity contribution in [1.29, 1.82) is 0 Å². The Kier molecular flexibility index (Phi) is 9.35. The molecule has 226 valence electrons. The Morgan fingerprint density at radius 3 is 2.56 bits per heavy atom. The number of tetrazole rings is 1. The van der Waals surface area contributed by atoms with Crippen LogP contribution in [0.5, 0.6) is 5.75 Å². The lowest BCUT2D eigenvalue weighted by molar-refractivity contribution is -0.147. The van der Waals surface area contributed by atoms with Gasteiger partial charge in [-0.05, 0) is 55.0 Å². The first-order valence-corrected chi connectivity index (χ1v) is 14.8. The predicted molar refractivity (Wildman–Crippen MR) is 152 cm³/mol. The van der Waals surface area contributed by atoms with Gasteiger partial charge >= 0.3 is 0 Å². The van der Waals surface area contributed by atoms with Crippen LogP contribution in [0.15, 0.2) is 59.5 Å². The third-order valence-corrected chi connectivity index (χ3v) is 7.76. The SMILES string of the molecule is COc1cccc(CNC(=O)c2cc(-c3nnn(CC4COC(COS(=O)(=O)c5ccc(C)cc5)CO4)n3)nc(C)n2)c1. The third kappa shape index (κ3) is 7.95. The molecule has 1 fully saturated rings. The Bertz CT molecular complexity index is 1670. The van der Waals surface area contributed by atoms with Gasteiger partial charge in [-0.3, -0.25) is 8.98 Å². The summed E-state index contributed by atoms with van der Waals surface area (Å²) in [4.78, 5) is 22.9. The molecular formula is C28H31N7O7S. The molecule has 15 heteroatoms. The first-order chi connectivity index (χ1) is 20.7. The van der Waals surface area contributed by atoms with Crippen molar-refractivity contribution in [3.8, 4) is 17.3 Å². The normalized spacial score (nSPS) is 17.0. The summed E-state index contributed by atoms with van der Waals surface area (Å²) in [6.45, 7) is 4.22. The van der Waals surface area contributed by atoms with Crippen LogP contribution in [0.1, 0.15) is 27.4 Å². The summed E-state index contributed by atoms with van der Waals surface area (Å²) < 4.78 is 46.8. The van der Waals surface area contributed by atoms with Crippen LogP contribution < -0.4 is 10.1 Å². The molecule has 1 N–H and O–H groups in total. The van der Waals surface area contributed by atoms with Crippen LogP contribution in [0.25, 0.3) is 11.5 Å². The zero-order valence-corrected chi connectivity index (χ0v) is 24.7. The van der Waals surface area contributed by atoms with Gasteiger partial charge in [-0.15, -0.1) is 10.2 Å². The highest BCUT2D eigenvalue weighted by Crippen LogP contribution is 2.17. The number of methoxy groups -OCH3 is 1. The zero-order valence-electron chi connectivity index (χ0n) is 23.8. The zero-order chi connectivity index (χ0) is 30.4. The Morgan fingerprint density at radius 1 is 1.05 bits per heavy atom. The van der Waals surface area contributed by atoms with Gasteiger partial charge in [-0.1, -0.05) is 29.8 Å². The highest BCUT2D eigenvalue weighted by molar-refractivity contribution is 7.86. The molecule has 0 aliphatic carbocycles. The minimum Gasteiger partial charge on any atom is -0.497 e. The average Bonchev–Trinajstić information content (AvgIpc) is 3.48. The highest BCUT2D eigenvalue weighted by Gasteiger charge is 2.26. The Morgan fingerprint density at radius 2 is 1.81 bits per heavy atom. The molecule has 43 heavy (non-hydrogen) atoms. The quantitative estimate of drug-likeness (QED) is 0.245. The van der Waals surface area contributed by atoms with Crippen LogP contribution in [0.3, 0.4) is 0 Å². The number of aromatic nitrogens is 6. The molecule has 1 aliphatic rings. The molecule has 1 aliphatic heterocycles. The smallest absolute Gasteiger partial charge is 0.297 e. The maximum Gasteiger partial charge on any atom is 0.297 e. The molecule has 0 radical (unpaired) electrons. The van der Waals surface area contributed by atoms with Crippen LogP contribution >= 0.6 is 0 Å². The van der Waals surface area contributed by atoms with Crippen molar-refractivity contribution in [2.24, 2.45) is 0 Å². The topological polar surface area (TPSA) is 170 Å². The van der Waals surface area contributed by atoms with Crippen molar-refractivity contribution in [1.82, 2.24) is 35.5 Å². The minimum absolute atomic E-state index is 0.0839. The van der Waals surface area contributed by atoms with Gasteiger partial charge < -0.3 is 19.5 Å². The summed E-state index contributed by atoms with van der Waals surface area (Å²) in [5.74, 6) is 0.920. The van der Waals surface area contributed by atoms with Crippen molar-refractivity contribution < 1.29 is 31.6 Å². The molecule has 1 amide bonds. The van der Waals surface area contributed by atoms with E-state index in [-0.39, 0.29) is 48.7 Å². The summed E-state index contributed by atoms with van der Waals surface area (Å²) >= 11 is 0. The number of aryl methyl sites for hydroxylation is 2. The van der Waals surface area contributed by atoms with Crippen LogP contribution in [-0.4, -0.2) is 83.6 Å². The van der Waals surface area contributed by atoms with Crippen LogP contribution in [0.4, 0.5) is 0 Å². The van der Waals surface area contributed by atoms with Gasteiger partial charge in [-0.25, -0.2) is 9.97 Å². The maximum atomic E-state index is 12.8. The van der Waals surface area contributed by atoms with Gasteiger partial charge in [0.2, 0.25) is 5.82 Å². The summed E-state index contributed by atoms with van der Waals surface area (Å²) in [7, 11) is -2.32. The molecule has 1 saturated heterocycles. The number of benzene rings is 2. The van der Waals surface area contributed by atoms with E-state index in [0.29, 0.717) is 23.8 Å². The second-order valence-corrected chi connectivity index (χ2v) is 11.5. The molecule has 5 rings (SSSR count). The summed E-state index contributed by atoms with van der Waals surface area (Å²) in [5.41, 5.74) is 2.34. The van der Waals surface area contributed by atoms with Crippen molar-refractivity contribution in [3.05, 3.63) is 77.2 Å². The molecule has 2 atom stereocenters. The first kappa shape index (κ1) is 30.2. The van der Waals surface area contributed by atoms with Crippen LogP contribution in [0, 0.1) is 13.8 Å². The van der Waals surface area contributed by atoms with E-state index < -0.39 is 22.3 Å². The van der Waals surface area contributed by atoms with E-state index in [1.54, 1.807) is 26.2 Å². The van der Waals surface area contributed by atoms with E-state index in [9.17, 15) is 13.2 Å². The number of carbonyl (C=O) groups excluding carboxylic acids is 1. The lowest BCUT2D eigenvalue weighted by Crippen LogP contribution is -2.40. The number of carbonyl (C=O) groups is 1. The fraction of sp³-hybridized carbons (Fsp3) is 0.357. The van der Waals surface area contributed by atoms with E-state index in [1.165, 1.54) is 23.0 Å². The molecule has 2 aromatic heterocycles. The molecule has 4 aromatic rings. The van der Waals surface area contributed by atoms with Gasteiger partial charge in [0, 0.05) is 6.54 Å². The van der Waals surface area contributed by atoms with E-state index in [4.69, 9.17) is 18.4 Å². The maximum absolute atomic E-state index is 12.8. The third-order valence-electron chi connectivity index (χ3n) is 6.46. The molecule has 0 spiro atoms. The number of nitrogens with zero attached hydrogens (tertiary/aromatic N) is 6. The Hall–Kier alpha value is -4.31. The van der Waals surface area contributed by atoms with E-state index in [2.05, 4.69) is 30.7 Å². The van der Waals surface area contributed by atoms with E-state index in [1.807, 2.05) is 31.2 Å². The van der Waals surface area contributed by atoms with Gasteiger partial charge in [0.05, 0.1) is 38.4 Å². The van der Waals surface area contributed by atoms with E-state index in [0.717, 1.165) is 11.1 Å². The molecular weight excluding hydrogens is 578 g/mol. The molecule has 2 aromatic carbocycles. The number of nitrogens with one attached hydrogen (secondary N) is 1. The monoisotopic (exact) mass is 609 g/mol. The summed E-state index contributed by atoms with van der Waals surface area (Å²) in [6.07, 6.45) is -0.940. The standard InChI is InChI=1S/C28H31N7O7S/c1-18-7-9-24(10-8-18)43(37,38)42-17-23-16-40-22(15-41-23)14-35-33-27(32-34-35)25-12-26(31-19(2)30-25)28(36)29-13-20-5-4-6-21(11-20)39-3/h4-12,22-23H,13-17H2,1-3H3,(H,29,36). The highest BCUT2D eigenvalue weighted by atomic mass is 32.2. The largest absolute Gasteiger partial charge is 0.497 e. The lowest BCUT2D eigenvalue weighted by atomic mass is 10.2. The number of rotatable bonds is 11. The minimum atomic E-state index is -3.90. The fourth-order valence-corrected chi connectivity index (χ4v) is 5.12. The Balaban J connectivity index is 1.13. The van der Waals surface area contributed by atoms with Gasteiger partial charge in [-0.2, -0.15) is 13.2 Å². The van der Waals surface area contributed by atoms with Crippen LogP contribution in [-0.2, 0) is 36.9 Å². The molecule has 14 nitrogen and oxygen atoms in total. The van der Waals surface area contributed by atoms with E-state index >= 15 is 0 Å². The molecule has 3 heterocycles. The molecule has 2 unspecified atom stereocenters. The van der Waals surface area contributed by atoms with Crippen molar-refractivity contribution in [2.45, 2.75) is 44.0 Å². The number of hydrogen-bond acceptors (Lipinski definition) is 12. The van der Waals surface area contributed by atoms with Crippen molar-refractivity contribution in [3.63, 3.8) is 0 Å². The van der Waals surface area contributed by atoms with Crippen LogP contribution in [0.2, 0.25) is 0 Å². The average molecular weight is 610 g/mol. The van der Waals surface area contributed by atoms with Gasteiger partial charge in [0.25, 0.3) is 16.0 Å². The van der Waals surface area contributed by atoms with Crippen molar-refractivity contribution in [2.75, 3.05) is 26.9 Å². The lowest BCUT2D eigenvalue weighted by Gasteiger charge is -2.28. The van der Waals surface area contributed by atoms with Crippen molar-refractivity contribution >= 4 is 16.0 Å². The summed E-state index contributed by atoms with van der Waals surface area (Å²) in [5, 5.41) is 15.4. The number of ether oxygens (including phenoxy) is 3. The fourth-order valence-electron chi connectivity index (χ4n) is 4.18. The summed E-state index contributed by atoms with van der Waals surface area (Å²) in [6, 6.07) is 15.3.